The molecule has 2 fully saturated rings. The third-order valence-corrected chi connectivity index (χ3v) is 7.61. The molecular formula is C18H30N4O4S. The summed E-state index contributed by atoms with van der Waals surface area (Å²) in [5, 5.41) is 3.76. The van der Waals surface area contributed by atoms with Gasteiger partial charge < -0.3 is 9.42 Å². The summed E-state index contributed by atoms with van der Waals surface area (Å²) in [7, 11) is -3.61. The number of rotatable bonds is 4. The highest BCUT2D eigenvalue weighted by Gasteiger charge is 2.33. The molecule has 0 spiro atoms. The Morgan fingerprint density at radius 1 is 0.963 bits per heavy atom. The number of piperazine rings is 1. The van der Waals surface area contributed by atoms with Crippen LogP contribution in [-0.2, 0) is 14.8 Å². The fourth-order valence-electron chi connectivity index (χ4n) is 3.89. The molecule has 0 unspecified atom stereocenters. The zero-order chi connectivity index (χ0) is 19.4. The summed E-state index contributed by atoms with van der Waals surface area (Å²) in [5.74, 6) is 0.487. The van der Waals surface area contributed by atoms with E-state index in [4.69, 9.17) is 4.52 Å². The Balaban J connectivity index is 1.55. The molecule has 0 N–H and O–H groups in total. The van der Waals surface area contributed by atoms with Gasteiger partial charge in [-0.1, -0.05) is 24.4 Å². The topological polar surface area (TPSA) is 87.0 Å². The SMILES string of the molecule is Cc1noc(C)c1S(=O)(=O)N1CCN(CC(=O)N2CCCCCCC2)CC1. The zero-order valence-electron chi connectivity index (χ0n) is 16.3. The highest BCUT2D eigenvalue weighted by molar-refractivity contribution is 7.89. The maximum Gasteiger partial charge on any atom is 0.248 e. The van der Waals surface area contributed by atoms with Crippen LogP contribution in [0.1, 0.15) is 43.6 Å². The molecule has 27 heavy (non-hydrogen) atoms. The van der Waals surface area contributed by atoms with Gasteiger partial charge >= 0.3 is 0 Å². The normalized spacial score (nSPS) is 21.0. The number of aryl methyl sites for hydroxylation is 2. The van der Waals surface area contributed by atoms with E-state index >= 15 is 0 Å². The van der Waals surface area contributed by atoms with Crippen LogP contribution in [0.3, 0.4) is 0 Å². The summed E-state index contributed by atoms with van der Waals surface area (Å²) < 4.78 is 32.2. The Hall–Kier alpha value is -1.45. The van der Waals surface area contributed by atoms with Crippen LogP contribution in [-0.4, -0.2) is 79.4 Å². The molecule has 9 heteroatoms. The number of sulfonamides is 1. The molecule has 1 amide bonds. The molecule has 1 aromatic heterocycles. The molecule has 0 bridgehead atoms. The minimum atomic E-state index is -3.61. The lowest BCUT2D eigenvalue weighted by atomic mass is 10.1. The number of aromatic nitrogens is 1. The molecule has 0 atom stereocenters. The van der Waals surface area contributed by atoms with Crippen LogP contribution in [0.15, 0.2) is 9.42 Å². The summed E-state index contributed by atoms with van der Waals surface area (Å²) in [6, 6.07) is 0. The number of carbonyl (C=O) groups excluding carboxylic acids is 1. The summed E-state index contributed by atoms with van der Waals surface area (Å²) in [5.41, 5.74) is 0.391. The largest absolute Gasteiger partial charge is 0.360 e. The summed E-state index contributed by atoms with van der Waals surface area (Å²) in [6.45, 7) is 7.19. The third-order valence-electron chi connectivity index (χ3n) is 5.46. The molecule has 2 aliphatic rings. The second-order valence-corrected chi connectivity index (χ2v) is 9.36. The quantitative estimate of drug-likeness (QED) is 0.762. The number of hydrogen-bond donors (Lipinski definition) is 0. The average molecular weight is 399 g/mol. The van der Waals surface area contributed by atoms with Gasteiger partial charge in [0.15, 0.2) is 5.76 Å². The van der Waals surface area contributed by atoms with Crippen molar-refractivity contribution < 1.29 is 17.7 Å². The van der Waals surface area contributed by atoms with Crippen molar-refractivity contribution in [3.8, 4) is 0 Å². The zero-order valence-corrected chi connectivity index (χ0v) is 17.1. The molecule has 0 aliphatic carbocycles. The van der Waals surface area contributed by atoms with Crippen molar-refractivity contribution in [2.75, 3.05) is 45.8 Å². The summed E-state index contributed by atoms with van der Waals surface area (Å²) >= 11 is 0. The molecule has 3 rings (SSSR count). The lowest BCUT2D eigenvalue weighted by Gasteiger charge is -2.35. The smallest absolute Gasteiger partial charge is 0.248 e. The Labute approximate surface area is 161 Å². The second kappa shape index (κ2) is 8.70. The lowest BCUT2D eigenvalue weighted by Crippen LogP contribution is -2.51. The monoisotopic (exact) mass is 398 g/mol. The van der Waals surface area contributed by atoms with E-state index < -0.39 is 10.0 Å². The fraction of sp³-hybridized carbons (Fsp3) is 0.778. The van der Waals surface area contributed by atoms with Crippen LogP contribution >= 0.6 is 0 Å². The standard InChI is InChI=1S/C18H30N4O4S/c1-15-18(16(2)26-19-15)27(24,25)22-12-10-20(11-13-22)14-17(23)21-8-6-4-3-5-7-9-21/h3-14H2,1-2H3. The van der Waals surface area contributed by atoms with Gasteiger partial charge in [0.2, 0.25) is 15.9 Å². The Morgan fingerprint density at radius 3 is 2.11 bits per heavy atom. The minimum absolute atomic E-state index is 0.166. The van der Waals surface area contributed by atoms with Crippen LogP contribution in [0.4, 0.5) is 0 Å². The van der Waals surface area contributed by atoms with Crippen LogP contribution < -0.4 is 0 Å². The van der Waals surface area contributed by atoms with Crippen molar-refractivity contribution in [2.24, 2.45) is 0 Å². The second-order valence-electron chi connectivity index (χ2n) is 7.48. The van der Waals surface area contributed by atoms with Gasteiger partial charge in [-0.15, -0.1) is 0 Å². The maximum atomic E-state index is 12.9. The van der Waals surface area contributed by atoms with Gasteiger partial charge in [0.1, 0.15) is 10.6 Å². The van der Waals surface area contributed by atoms with Gasteiger partial charge in [-0.2, -0.15) is 4.31 Å². The van der Waals surface area contributed by atoms with Crippen LogP contribution in [0.5, 0.6) is 0 Å². The highest BCUT2D eigenvalue weighted by Crippen LogP contribution is 2.24. The Bertz CT molecular complexity index is 726. The summed E-state index contributed by atoms with van der Waals surface area (Å²) in [6.07, 6.45) is 5.82. The van der Waals surface area contributed by atoms with Crippen molar-refractivity contribution >= 4 is 15.9 Å². The molecule has 8 nitrogen and oxygen atoms in total. The number of amides is 1. The molecule has 0 radical (unpaired) electrons. The van der Waals surface area contributed by atoms with Gasteiger partial charge in [-0.25, -0.2) is 8.42 Å². The predicted molar refractivity (Wildman–Crippen MR) is 101 cm³/mol. The van der Waals surface area contributed by atoms with Gasteiger partial charge in [0.25, 0.3) is 0 Å². The molecule has 2 aliphatic heterocycles. The first-order valence-electron chi connectivity index (χ1n) is 9.83. The van der Waals surface area contributed by atoms with Crippen molar-refractivity contribution in [1.29, 1.82) is 0 Å². The Kier molecular flexibility index (Phi) is 6.54. The van der Waals surface area contributed by atoms with E-state index in [-0.39, 0.29) is 10.8 Å². The number of nitrogens with zero attached hydrogens (tertiary/aromatic N) is 4. The molecule has 0 saturated carbocycles. The number of hydrogen-bond acceptors (Lipinski definition) is 6. The van der Waals surface area contributed by atoms with Crippen molar-refractivity contribution in [3.63, 3.8) is 0 Å². The van der Waals surface area contributed by atoms with Crippen LogP contribution in [0.25, 0.3) is 0 Å². The molecule has 3 heterocycles. The third kappa shape index (κ3) is 4.70. The molecule has 0 aromatic carbocycles. The lowest BCUT2D eigenvalue weighted by molar-refractivity contribution is -0.133. The van der Waals surface area contributed by atoms with E-state index in [1.807, 2.05) is 4.90 Å². The highest BCUT2D eigenvalue weighted by atomic mass is 32.2. The summed E-state index contributed by atoms with van der Waals surface area (Å²) in [4.78, 5) is 16.8. The van der Waals surface area contributed by atoms with E-state index in [1.54, 1.807) is 13.8 Å². The van der Waals surface area contributed by atoms with Crippen LogP contribution in [0.2, 0.25) is 0 Å². The Morgan fingerprint density at radius 2 is 1.56 bits per heavy atom. The van der Waals surface area contributed by atoms with Crippen molar-refractivity contribution in [3.05, 3.63) is 11.5 Å². The van der Waals surface area contributed by atoms with Gasteiger partial charge in [-0.05, 0) is 26.7 Å². The van der Waals surface area contributed by atoms with E-state index in [0.717, 1.165) is 25.9 Å². The molecule has 1 aromatic rings. The predicted octanol–water partition coefficient (Wildman–Crippen LogP) is 1.39. The molecular weight excluding hydrogens is 368 g/mol. The van der Waals surface area contributed by atoms with Crippen molar-refractivity contribution in [2.45, 2.75) is 50.8 Å². The first kappa shape index (κ1) is 20.3. The van der Waals surface area contributed by atoms with E-state index in [9.17, 15) is 13.2 Å². The van der Waals surface area contributed by atoms with Gasteiger partial charge in [0, 0.05) is 39.3 Å². The van der Waals surface area contributed by atoms with E-state index in [0.29, 0.717) is 44.2 Å². The van der Waals surface area contributed by atoms with Gasteiger partial charge in [0.05, 0.1) is 6.54 Å². The fourth-order valence-corrected chi connectivity index (χ4v) is 5.60. The first-order valence-corrected chi connectivity index (χ1v) is 11.3. The van der Waals surface area contributed by atoms with Gasteiger partial charge in [-0.3, -0.25) is 9.69 Å². The van der Waals surface area contributed by atoms with Crippen molar-refractivity contribution in [1.82, 2.24) is 19.3 Å². The molecule has 152 valence electrons. The first-order chi connectivity index (χ1) is 12.9. The van der Waals surface area contributed by atoms with E-state index in [1.165, 1.54) is 23.6 Å². The molecule has 2 saturated heterocycles. The van der Waals surface area contributed by atoms with E-state index in [2.05, 4.69) is 10.1 Å². The number of carbonyl (C=O) groups is 1. The average Bonchev–Trinajstić information content (AvgIpc) is 2.94. The maximum absolute atomic E-state index is 12.9. The minimum Gasteiger partial charge on any atom is -0.360 e. The van der Waals surface area contributed by atoms with Crippen LogP contribution in [0, 0.1) is 13.8 Å². The number of likely N-dealkylation sites (tertiary alicyclic amines) is 1.